The van der Waals surface area contributed by atoms with Crippen molar-refractivity contribution in [3.05, 3.63) is 71.8 Å². The number of rotatable bonds is 3. The van der Waals surface area contributed by atoms with Crippen molar-refractivity contribution < 1.29 is 26.1 Å². The minimum atomic E-state index is -5.84. The Labute approximate surface area is 131 Å². The van der Waals surface area contributed by atoms with Crippen LogP contribution in [0, 0.1) is 0 Å². The molecule has 0 amide bonds. The van der Waals surface area contributed by atoms with Crippen LogP contribution in [0.5, 0.6) is 0 Å². The fourth-order valence-electron chi connectivity index (χ4n) is 1.68. The van der Waals surface area contributed by atoms with E-state index in [0.29, 0.717) is 0 Å². The molecule has 2 aromatic rings. The zero-order chi connectivity index (χ0) is 17.5. The number of alkyl halides is 3. The van der Waals surface area contributed by atoms with Crippen LogP contribution in [0.3, 0.4) is 0 Å². The second kappa shape index (κ2) is 8.06. The van der Waals surface area contributed by atoms with Gasteiger partial charge in [-0.2, -0.15) is 21.6 Å². The summed E-state index contributed by atoms with van der Waals surface area (Å²) >= 11 is 0. The molecule has 2 aromatic carbocycles. The summed E-state index contributed by atoms with van der Waals surface area (Å²) in [5.74, 6) is 5.59. The highest BCUT2D eigenvalue weighted by atomic mass is 32.2. The molecule has 0 atom stereocenters. The lowest BCUT2D eigenvalue weighted by atomic mass is 10.00. The maximum atomic E-state index is 10.7. The van der Waals surface area contributed by atoms with Gasteiger partial charge in [0, 0.05) is 0 Å². The molecule has 126 valence electrons. The van der Waals surface area contributed by atoms with Crippen LogP contribution in [-0.4, -0.2) is 18.5 Å². The summed E-state index contributed by atoms with van der Waals surface area (Å²) in [7, 11) is -5.84. The molecular formula is C14H15F3N2O3S. The van der Waals surface area contributed by atoms with Gasteiger partial charge < -0.3 is 0 Å². The van der Waals surface area contributed by atoms with E-state index in [-0.39, 0.29) is 6.04 Å². The minimum Gasteiger partial charge on any atom is -0.279 e. The van der Waals surface area contributed by atoms with Crippen molar-refractivity contribution in [1.82, 2.24) is 5.43 Å². The van der Waals surface area contributed by atoms with Gasteiger partial charge in [-0.3, -0.25) is 10.4 Å². The largest absolute Gasteiger partial charge is 0.522 e. The third-order valence-corrected chi connectivity index (χ3v) is 3.31. The van der Waals surface area contributed by atoms with Crippen LogP contribution in [0.25, 0.3) is 0 Å². The number of hydrazine groups is 1. The molecule has 0 heterocycles. The first kappa shape index (κ1) is 19.1. The molecule has 0 saturated carbocycles. The molecule has 23 heavy (non-hydrogen) atoms. The number of hydrogen-bond acceptors (Lipinski definition) is 4. The second-order valence-corrected chi connectivity index (χ2v) is 5.75. The van der Waals surface area contributed by atoms with Crippen molar-refractivity contribution in [2.45, 2.75) is 11.6 Å². The van der Waals surface area contributed by atoms with Gasteiger partial charge in [-0.15, -0.1) is 0 Å². The molecule has 5 nitrogen and oxygen atoms in total. The summed E-state index contributed by atoms with van der Waals surface area (Å²) in [6.45, 7) is 0. The van der Waals surface area contributed by atoms with Gasteiger partial charge in [-0.25, -0.2) is 5.43 Å². The molecule has 0 radical (unpaired) electrons. The van der Waals surface area contributed by atoms with Crippen molar-refractivity contribution in [2.75, 3.05) is 0 Å². The lowest BCUT2D eigenvalue weighted by Gasteiger charge is -2.16. The average molecular weight is 348 g/mol. The van der Waals surface area contributed by atoms with Crippen molar-refractivity contribution in [2.24, 2.45) is 5.84 Å². The molecular weight excluding hydrogens is 333 g/mol. The van der Waals surface area contributed by atoms with Crippen LogP contribution in [0.1, 0.15) is 17.2 Å². The van der Waals surface area contributed by atoms with Gasteiger partial charge in [0.1, 0.15) is 0 Å². The first-order valence-corrected chi connectivity index (χ1v) is 7.70. The standard InChI is InChI=1S/C13H14N2.CHF3O3S/c14-15-13(11-7-3-1-4-8-11)12-9-5-2-6-10-12;2-1(3,4)8(5,6)7/h1-10,13,15H,14H2;(H,5,6,7). The monoisotopic (exact) mass is 348 g/mol. The van der Waals surface area contributed by atoms with E-state index in [0.717, 1.165) is 0 Å². The van der Waals surface area contributed by atoms with Crippen LogP contribution in [0.4, 0.5) is 13.2 Å². The van der Waals surface area contributed by atoms with Crippen molar-refractivity contribution in [1.29, 1.82) is 0 Å². The Hall–Kier alpha value is -1.94. The van der Waals surface area contributed by atoms with E-state index in [9.17, 15) is 13.2 Å². The van der Waals surface area contributed by atoms with Gasteiger partial charge in [0.2, 0.25) is 0 Å². The second-order valence-electron chi connectivity index (χ2n) is 4.34. The Kier molecular flexibility index (Phi) is 6.70. The van der Waals surface area contributed by atoms with E-state index < -0.39 is 15.6 Å². The molecule has 0 aromatic heterocycles. The third kappa shape index (κ3) is 5.99. The molecule has 0 aliphatic carbocycles. The maximum absolute atomic E-state index is 10.7. The fourth-order valence-corrected chi connectivity index (χ4v) is 1.68. The van der Waals surface area contributed by atoms with E-state index in [1.165, 1.54) is 11.1 Å². The van der Waals surface area contributed by atoms with Crippen molar-refractivity contribution in [3.8, 4) is 0 Å². The Bertz CT molecular complexity index is 653. The molecule has 2 rings (SSSR count). The van der Waals surface area contributed by atoms with Gasteiger partial charge in [0.15, 0.2) is 0 Å². The lowest BCUT2D eigenvalue weighted by molar-refractivity contribution is -0.0510. The highest BCUT2D eigenvalue weighted by Crippen LogP contribution is 2.21. The van der Waals surface area contributed by atoms with Crippen LogP contribution in [0.15, 0.2) is 60.7 Å². The van der Waals surface area contributed by atoms with Crippen LogP contribution < -0.4 is 11.3 Å². The molecule has 0 unspecified atom stereocenters. The van der Waals surface area contributed by atoms with Crippen molar-refractivity contribution in [3.63, 3.8) is 0 Å². The SMILES string of the molecule is NNC(c1ccccc1)c1ccccc1.O=S(=O)(O)C(F)(F)F. The predicted molar refractivity (Wildman–Crippen MR) is 79.7 cm³/mol. The Balaban J connectivity index is 0.000000284. The molecule has 9 heteroatoms. The highest BCUT2D eigenvalue weighted by molar-refractivity contribution is 7.86. The zero-order valence-corrected chi connectivity index (χ0v) is 12.6. The van der Waals surface area contributed by atoms with E-state index in [4.69, 9.17) is 18.8 Å². The third-order valence-electron chi connectivity index (χ3n) is 2.72. The van der Waals surface area contributed by atoms with Gasteiger partial charge in [0.25, 0.3) is 0 Å². The van der Waals surface area contributed by atoms with Crippen LogP contribution in [-0.2, 0) is 10.1 Å². The summed E-state index contributed by atoms with van der Waals surface area (Å²) in [5.41, 5.74) is -0.355. The predicted octanol–water partition coefficient (Wildman–Crippen LogP) is 2.63. The minimum absolute atomic E-state index is 0.0624. The molecule has 0 bridgehead atoms. The first-order chi connectivity index (χ1) is 10.7. The number of halogens is 3. The normalized spacial score (nSPS) is 11.7. The average Bonchev–Trinajstić information content (AvgIpc) is 2.49. The maximum Gasteiger partial charge on any atom is 0.522 e. The Morgan fingerprint density at radius 1 is 0.913 bits per heavy atom. The smallest absolute Gasteiger partial charge is 0.279 e. The van der Waals surface area contributed by atoms with Gasteiger partial charge in [-0.05, 0) is 11.1 Å². The van der Waals surface area contributed by atoms with E-state index in [2.05, 4.69) is 29.7 Å². The summed E-state index contributed by atoms with van der Waals surface area (Å²) < 4.78 is 57.5. The van der Waals surface area contributed by atoms with E-state index in [1.54, 1.807) is 0 Å². The summed E-state index contributed by atoms with van der Waals surface area (Å²) in [5, 5.41) is 0. The van der Waals surface area contributed by atoms with E-state index >= 15 is 0 Å². The summed E-state index contributed by atoms with van der Waals surface area (Å²) in [6.07, 6.45) is 0. The highest BCUT2D eigenvalue weighted by Gasteiger charge is 2.44. The topological polar surface area (TPSA) is 92.4 Å². The Morgan fingerprint density at radius 3 is 1.43 bits per heavy atom. The summed E-state index contributed by atoms with van der Waals surface area (Å²) in [4.78, 5) is 0. The lowest BCUT2D eigenvalue weighted by Crippen LogP contribution is -2.28. The van der Waals surface area contributed by atoms with E-state index in [1.807, 2.05) is 36.4 Å². The molecule has 0 aliphatic heterocycles. The number of benzene rings is 2. The first-order valence-electron chi connectivity index (χ1n) is 6.26. The number of nitrogens with one attached hydrogen (secondary N) is 1. The quantitative estimate of drug-likeness (QED) is 0.343. The molecule has 0 spiro atoms. The van der Waals surface area contributed by atoms with Crippen LogP contribution in [0.2, 0.25) is 0 Å². The van der Waals surface area contributed by atoms with Crippen LogP contribution >= 0.6 is 0 Å². The number of nitrogens with two attached hydrogens (primary N) is 1. The molecule has 0 saturated heterocycles. The Morgan fingerprint density at radius 2 is 1.22 bits per heavy atom. The summed E-state index contributed by atoms with van der Waals surface area (Å²) in [6, 6.07) is 20.4. The van der Waals surface area contributed by atoms with Gasteiger partial charge in [-0.1, -0.05) is 60.7 Å². The molecule has 4 N–H and O–H groups in total. The van der Waals surface area contributed by atoms with Crippen molar-refractivity contribution >= 4 is 10.1 Å². The molecule has 0 fully saturated rings. The fraction of sp³-hybridized carbons (Fsp3) is 0.143. The van der Waals surface area contributed by atoms with Gasteiger partial charge >= 0.3 is 15.6 Å². The number of hydrogen-bond donors (Lipinski definition) is 3. The molecule has 0 aliphatic rings. The van der Waals surface area contributed by atoms with Gasteiger partial charge in [0.05, 0.1) is 6.04 Å². The zero-order valence-electron chi connectivity index (χ0n) is 11.7.